The van der Waals surface area contributed by atoms with Gasteiger partial charge in [-0.1, -0.05) is 0 Å². The molecule has 4 rings (SSSR count). The van der Waals surface area contributed by atoms with Crippen molar-refractivity contribution in [2.75, 3.05) is 11.6 Å². The lowest BCUT2D eigenvalue weighted by Gasteiger charge is -2.15. The smallest absolute Gasteiger partial charge is 0.321 e. The molecule has 11 heteroatoms. The topological polar surface area (TPSA) is 59.8 Å². The number of pyridine rings is 1. The number of alkyl halides is 5. The van der Waals surface area contributed by atoms with Crippen LogP contribution in [-0.2, 0) is 12.7 Å². The fourth-order valence-electron chi connectivity index (χ4n) is 4.00. The summed E-state index contributed by atoms with van der Waals surface area (Å²) < 4.78 is 70.2. The van der Waals surface area contributed by atoms with Crippen molar-refractivity contribution in [3.05, 3.63) is 35.3 Å². The number of thioether (sulfide) groups is 1. The van der Waals surface area contributed by atoms with E-state index < -0.39 is 41.6 Å². The van der Waals surface area contributed by atoms with Crippen LogP contribution in [-0.4, -0.2) is 32.8 Å². The second-order valence-corrected chi connectivity index (χ2v) is 8.90. The lowest BCUT2D eigenvalue weighted by Crippen LogP contribution is -2.24. The zero-order valence-electron chi connectivity index (χ0n) is 16.7. The molecular weight excluding hydrogens is 439 g/mol. The van der Waals surface area contributed by atoms with E-state index in [1.165, 1.54) is 24.0 Å². The molecule has 0 unspecified atom stereocenters. The standard InChI is InChI=1S/C20H21F5N4OS/c1-31-14-8-13(5-7-26-14)27-18(30)17-15(20(23,24)25)16(12-2-3-12)28-29(17)10-11-4-6-19(21,22)9-11/h5,7-8,11-12H,2-4,6,9-10H2,1H3,(H,26,27,30)/t11-/m0/s1. The van der Waals surface area contributed by atoms with Gasteiger partial charge in [-0.3, -0.25) is 9.48 Å². The molecule has 2 aromatic rings. The average molecular weight is 460 g/mol. The first-order chi connectivity index (χ1) is 14.6. The molecule has 0 aromatic carbocycles. The van der Waals surface area contributed by atoms with Gasteiger partial charge in [0.1, 0.15) is 11.3 Å². The lowest BCUT2D eigenvalue weighted by atomic mass is 10.1. The predicted molar refractivity (Wildman–Crippen MR) is 105 cm³/mol. The Hall–Kier alpha value is -2.17. The Morgan fingerprint density at radius 2 is 2.06 bits per heavy atom. The molecule has 1 amide bonds. The Labute approximate surface area is 179 Å². The molecule has 0 saturated heterocycles. The highest BCUT2D eigenvalue weighted by molar-refractivity contribution is 7.98. The van der Waals surface area contributed by atoms with Gasteiger partial charge in [0.05, 0.1) is 10.7 Å². The van der Waals surface area contributed by atoms with E-state index in [2.05, 4.69) is 15.4 Å². The summed E-state index contributed by atoms with van der Waals surface area (Å²) in [7, 11) is 0. The predicted octanol–water partition coefficient (Wildman–Crippen LogP) is 5.58. The highest BCUT2D eigenvalue weighted by atomic mass is 32.2. The number of hydrogen-bond acceptors (Lipinski definition) is 4. The molecule has 2 saturated carbocycles. The minimum atomic E-state index is -4.79. The van der Waals surface area contributed by atoms with Crippen molar-refractivity contribution in [2.45, 2.75) is 61.7 Å². The monoisotopic (exact) mass is 460 g/mol. The molecule has 0 bridgehead atoms. The number of anilines is 1. The lowest BCUT2D eigenvalue weighted by molar-refractivity contribution is -0.138. The van der Waals surface area contributed by atoms with Gasteiger partial charge >= 0.3 is 6.18 Å². The van der Waals surface area contributed by atoms with E-state index >= 15 is 0 Å². The highest BCUT2D eigenvalue weighted by Crippen LogP contribution is 2.47. The van der Waals surface area contributed by atoms with Crippen LogP contribution in [0.4, 0.5) is 27.6 Å². The number of carbonyl (C=O) groups excluding carboxylic acids is 1. The molecule has 0 spiro atoms. The van der Waals surface area contributed by atoms with Crippen LogP contribution in [0.15, 0.2) is 23.4 Å². The van der Waals surface area contributed by atoms with Crippen LogP contribution in [0.3, 0.4) is 0 Å². The van der Waals surface area contributed by atoms with Crippen LogP contribution in [0.5, 0.6) is 0 Å². The first-order valence-corrected chi connectivity index (χ1v) is 11.2. The summed E-state index contributed by atoms with van der Waals surface area (Å²) in [6, 6.07) is 3.03. The quantitative estimate of drug-likeness (QED) is 0.451. The van der Waals surface area contributed by atoms with E-state index in [9.17, 15) is 26.7 Å². The molecule has 0 radical (unpaired) electrons. The largest absolute Gasteiger partial charge is 0.420 e. The number of carbonyl (C=O) groups is 1. The summed E-state index contributed by atoms with van der Waals surface area (Å²) in [5.74, 6) is -4.70. The van der Waals surface area contributed by atoms with Crippen molar-refractivity contribution in [3.63, 3.8) is 0 Å². The van der Waals surface area contributed by atoms with Crippen LogP contribution >= 0.6 is 11.8 Å². The number of rotatable bonds is 6. The average Bonchev–Trinajstić information content (AvgIpc) is 3.37. The van der Waals surface area contributed by atoms with Gasteiger partial charge in [0, 0.05) is 37.2 Å². The maximum absolute atomic E-state index is 14.0. The second-order valence-electron chi connectivity index (χ2n) is 8.07. The summed E-state index contributed by atoms with van der Waals surface area (Å²) in [5.41, 5.74) is -1.55. The third-order valence-electron chi connectivity index (χ3n) is 5.58. The van der Waals surface area contributed by atoms with Crippen LogP contribution in [0.1, 0.15) is 59.8 Å². The van der Waals surface area contributed by atoms with Gasteiger partial charge in [0.2, 0.25) is 5.92 Å². The number of nitrogens with one attached hydrogen (secondary N) is 1. The molecule has 31 heavy (non-hydrogen) atoms. The molecule has 1 atom stereocenters. The van der Waals surface area contributed by atoms with E-state index in [0.29, 0.717) is 23.6 Å². The normalized spacial score (nSPS) is 20.8. The van der Waals surface area contributed by atoms with Gasteiger partial charge in [-0.05, 0) is 43.6 Å². The molecule has 0 aliphatic heterocycles. The molecule has 2 heterocycles. The Balaban J connectivity index is 1.71. The Kier molecular flexibility index (Phi) is 5.74. The van der Waals surface area contributed by atoms with Gasteiger partial charge in [-0.25, -0.2) is 13.8 Å². The summed E-state index contributed by atoms with van der Waals surface area (Å²) >= 11 is 1.32. The van der Waals surface area contributed by atoms with Gasteiger partial charge in [-0.2, -0.15) is 18.3 Å². The molecule has 2 aliphatic carbocycles. The maximum atomic E-state index is 14.0. The summed E-state index contributed by atoms with van der Waals surface area (Å²) in [6.45, 7) is -0.152. The fourth-order valence-corrected chi connectivity index (χ4v) is 4.41. The maximum Gasteiger partial charge on any atom is 0.420 e. The van der Waals surface area contributed by atoms with E-state index in [0.717, 1.165) is 4.68 Å². The molecule has 168 valence electrons. The third kappa shape index (κ3) is 4.86. The van der Waals surface area contributed by atoms with E-state index in [-0.39, 0.29) is 31.0 Å². The zero-order chi connectivity index (χ0) is 22.4. The molecule has 1 N–H and O–H groups in total. The van der Waals surface area contributed by atoms with Crippen molar-refractivity contribution in [1.29, 1.82) is 0 Å². The summed E-state index contributed by atoms with van der Waals surface area (Å²) in [4.78, 5) is 17.1. The van der Waals surface area contributed by atoms with Crippen molar-refractivity contribution >= 4 is 23.4 Å². The van der Waals surface area contributed by atoms with E-state index in [1.807, 2.05) is 0 Å². The summed E-state index contributed by atoms with van der Waals surface area (Å²) in [6.07, 6.45) is -0.996. The third-order valence-corrected chi connectivity index (χ3v) is 6.22. The number of hydrogen-bond donors (Lipinski definition) is 1. The van der Waals surface area contributed by atoms with Crippen molar-refractivity contribution in [2.24, 2.45) is 5.92 Å². The van der Waals surface area contributed by atoms with Crippen LogP contribution in [0.2, 0.25) is 0 Å². The Morgan fingerprint density at radius 3 is 2.65 bits per heavy atom. The number of amides is 1. The first kappa shape index (κ1) is 22.0. The van der Waals surface area contributed by atoms with Crippen LogP contribution < -0.4 is 5.32 Å². The van der Waals surface area contributed by atoms with Gasteiger partial charge < -0.3 is 5.32 Å². The number of nitrogens with zero attached hydrogens (tertiary/aromatic N) is 3. The summed E-state index contributed by atoms with van der Waals surface area (Å²) in [5, 5.41) is 7.21. The first-order valence-electron chi connectivity index (χ1n) is 9.94. The molecule has 5 nitrogen and oxygen atoms in total. The Morgan fingerprint density at radius 1 is 1.32 bits per heavy atom. The minimum Gasteiger partial charge on any atom is -0.321 e. The SMILES string of the molecule is CSc1cc(NC(=O)c2c(C(F)(F)F)c(C3CC3)nn2C[C@H]2CCC(F)(F)C2)ccn1. The molecule has 2 aromatic heterocycles. The van der Waals surface area contributed by atoms with Crippen molar-refractivity contribution in [1.82, 2.24) is 14.8 Å². The molecular formula is C20H21F5N4OS. The molecule has 2 fully saturated rings. The van der Waals surface area contributed by atoms with Crippen molar-refractivity contribution in [3.8, 4) is 0 Å². The number of halogens is 5. The van der Waals surface area contributed by atoms with Gasteiger partial charge in [0.15, 0.2) is 0 Å². The van der Waals surface area contributed by atoms with Gasteiger partial charge in [-0.15, -0.1) is 11.8 Å². The van der Waals surface area contributed by atoms with Gasteiger partial charge in [0.25, 0.3) is 5.91 Å². The van der Waals surface area contributed by atoms with Crippen LogP contribution in [0.25, 0.3) is 0 Å². The van der Waals surface area contributed by atoms with Crippen molar-refractivity contribution < 1.29 is 26.7 Å². The van der Waals surface area contributed by atoms with E-state index in [4.69, 9.17) is 0 Å². The number of aromatic nitrogens is 3. The van der Waals surface area contributed by atoms with Crippen LogP contribution in [0, 0.1) is 5.92 Å². The zero-order valence-corrected chi connectivity index (χ0v) is 17.5. The second kappa shape index (κ2) is 8.07. The van der Waals surface area contributed by atoms with E-state index in [1.54, 1.807) is 12.3 Å². The molecule has 2 aliphatic rings. The fraction of sp³-hybridized carbons (Fsp3) is 0.550. The minimum absolute atomic E-state index is 0.152. The Bertz CT molecular complexity index is 986. The highest BCUT2D eigenvalue weighted by Gasteiger charge is 2.47.